The van der Waals surface area contributed by atoms with Crippen LogP contribution in [-0.2, 0) is 11.2 Å². The van der Waals surface area contributed by atoms with Gasteiger partial charge in [0.05, 0.1) is 12.1 Å². The van der Waals surface area contributed by atoms with Gasteiger partial charge in [0.1, 0.15) is 0 Å². The lowest BCUT2D eigenvalue weighted by molar-refractivity contribution is -0.118. The van der Waals surface area contributed by atoms with Crippen molar-refractivity contribution in [1.29, 1.82) is 0 Å². The molecule has 1 aromatic carbocycles. The van der Waals surface area contributed by atoms with Gasteiger partial charge in [0.2, 0.25) is 5.91 Å². The Bertz CT molecular complexity index is 723. The van der Waals surface area contributed by atoms with E-state index in [1.807, 2.05) is 6.92 Å². The van der Waals surface area contributed by atoms with E-state index in [4.69, 9.17) is 5.73 Å². The molecular weight excluding hydrogens is 318 g/mol. The summed E-state index contributed by atoms with van der Waals surface area (Å²) in [5.74, 6) is -0.0293. The largest absolute Gasteiger partial charge is 0.465 e. The monoisotopic (exact) mass is 345 g/mol. The van der Waals surface area contributed by atoms with E-state index in [0.717, 1.165) is 22.4 Å². The van der Waals surface area contributed by atoms with Crippen molar-refractivity contribution >= 4 is 17.7 Å². The number of carbonyl (C=O) groups is 2. The summed E-state index contributed by atoms with van der Waals surface area (Å²) < 4.78 is 0. The molecule has 1 saturated heterocycles. The van der Waals surface area contributed by atoms with Crippen molar-refractivity contribution in [3.63, 3.8) is 0 Å². The predicted molar refractivity (Wildman–Crippen MR) is 96.8 cm³/mol. The van der Waals surface area contributed by atoms with E-state index in [0.29, 0.717) is 25.9 Å². The zero-order valence-electron chi connectivity index (χ0n) is 15.4. The van der Waals surface area contributed by atoms with Crippen LogP contribution in [0.25, 0.3) is 0 Å². The number of carboxylic acid groups (broad SMARTS) is 1. The zero-order chi connectivity index (χ0) is 18.5. The molecule has 2 aliphatic rings. The quantitative estimate of drug-likeness (QED) is 0.819. The number of rotatable bonds is 1. The van der Waals surface area contributed by atoms with Crippen molar-refractivity contribution in [2.24, 2.45) is 11.1 Å². The van der Waals surface area contributed by atoms with E-state index in [9.17, 15) is 14.7 Å². The summed E-state index contributed by atoms with van der Waals surface area (Å²) in [6.07, 6.45) is 0.454. The van der Waals surface area contributed by atoms with Crippen molar-refractivity contribution < 1.29 is 14.7 Å². The van der Waals surface area contributed by atoms with Crippen LogP contribution in [-0.4, -0.2) is 41.1 Å². The molecule has 0 aromatic heterocycles. The Hall–Kier alpha value is -2.08. The maximum absolute atomic E-state index is 12.3. The molecule has 0 aliphatic carbocycles. The van der Waals surface area contributed by atoms with Crippen LogP contribution < -0.4 is 10.6 Å². The van der Waals surface area contributed by atoms with Gasteiger partial charge < -0.3 is 20.6 Å². The number of aryl methyl sites for hydroxylation is 1. The van der Waals surface area contributed by atoms with Gasteiger partial charge >= 0.3 is 6.09 Å². The van der Waals surface area contributed by atoms with Gasteiger partial charge in [-0.15, -0.1) is 0 Å². The molecule has 3 N–H and O–H groups in total. The van der Waals surface area contributed by atoms with Crippen LogP contribution in [0.15, 0.2) is 12.1 Å². The number of hydrogen-bond acceptors (Lipinski definition) is 3. The number of nitrogens with two attached hydrogens (primary N) is 1. The number of carbonyl (C=O) groups excluding carboxylic acids is 1. The maximum Gasteiger partial charge on any atom is 0.407 e. The zero-order valence-corrected chi connectivity index (χ0v) is 15.4. The molecular formula is C19H27N3O3. The fraction of sp³-hybridized carbons (Fsp3) is 0.579. The van der Waals surface area contributed by atoms with Gasteiger partial charge in [-0.05, 0) is 47.9 Å². The molecule has 6 heteroatoms. The van der Waals surface area contributed by atoms with E-state index in [-0.39, 0.29) is 17.4 Å². The lowest BCUT2D eigenvalue weighted by Crippen LogP contribution is -2.45. The van der Waals surface area contributed by atoms with Crippen LogP contribution in [0.2, 0.25) is 0 Å². The molecule has 25 heavy (non-hydrogen) atoms. The Kier molecular flexibility index (Phi) is 4.27. The minimum atomic E-state index is -0.881. The molecule has 3 rings (SSSR count). The van der Waals surface area contributed by atoms with Crippen LogP contribution in [0.5, 0.6) is 0 Å². The molecule has 1 aromatic rings. The van der Waals surface area contributed by atoms with Crippen LogP contribution in [0.3, 0.4) is 0 Å². The lowest BCUT2D eigenvalue weighted by atomic mass is 9.76. The first kappa shape index (κ1) is 17.7. The summed E-state index contributed by atoms with van der Waals surface area (Å²) in [5, 5.41) is 9.62. The average molecular weight is 345 g/mol. The highest BCUT2D eigenvalue weighted by atomic mass is 16.4. The van der Waals surface area contributed by atoms with E-state index in [2.05, 4.69) is 32.9 Å². The normalized spacial score (nSPS) is 23.8. The van der Waals surface area contributed by atoms with Gasteiger partial charge in [-0.1, -0.05) is 26.8 Å². The first-order valence-electron chi connectivity index (χ1n) is 8.81. The van der Waals surface area contributed by atoms with E-state index >= 15 is 0 Å². The van der Waals surface area contributed by atoms with Crippen LogP contribution in [0.1, 0.15) is 49.9 Å². The smallest absolute Gasteiger partial charge is 0.407 e. The van der Waals surface area contributed by atoms with Crippen LogP contribution in [0, 0.1) is 12.3 Å². The number of anilines is 1. The fourth-order valence-electron chi connectivity index (χ4n) is 4.14. The number of fused-ring (bicyclic) bond motifs is 1. The summed E-state index contributed by atoms with van der Waals surface area (Å²) in [4.78, 5) is 27.3. The molecule has 2 heterocycles. The second-order valence-corrected chi connectivity index (χ2v) is 8.22. The molecule has 1 unspecified atom stereocenters. The second-order valence-electron chi connectivity index (χ2n) is 8.22. The first-order valence-corrected chi connectivity index (χ1v) is 8.81. The van der Waals surface area contributed by atoms with Crippen molar-refractivity contribution in [2.45, 2.75) is 52.6 Å². The average Bonchev–Trinajstić information content (AvgIpc) is 2.84. The Balaban J connectivity index is 2.07. The standard InChI is InChI=1S/C19H27N3O3/c1-11-9-13-12(10-15(11)21-8-6-14(20)17(21)23)5-7-22(18(24)25)16(13)19(2,3)4/h9-10,14,16H,5-8,20H2,1-4H3,(H,24,25)/t14-,16?/m0/s1. The lowest BCUT2D eigenvalue weighted by Gasteiger charge is -2.43. The van der Waals surface area contributed by atoms with Gasteiger partial charge in [0, 0.05) is 18.8 Å². The minimum absolute atomic E-state index is 0.0293. The molecule has 0 saturated carbocycles. The maximum atomic E-state index is 12.3. The number of nitrogens with zero attached hydrogens (tertiary/aromatic N) is 2. The number of amides is 2. The van der Waals surface area contributed by atoms with Crippen molar-refractivity contribution in [3.8, 4) is 0 Å². The molecule has 2 amide bonds. The summed E-state index contributed by atoms with van der Waals surface area (Å²) in [6.45, 7) is 9.29. The first-order chi connectivity index (χ1) is 11.6. The molecule has 1 fully saturated rings. The second kappa shape index (κ2) is 6.02. The molecule has 0 radical (unpaired) electrons. The van der Waals surface area contributed by atoms with E-state index in [1.165, 1.54) is 0 Å². The molecule has 0 spiro atoms. The summed E-state index contributed by atoms with van der Waals surface area (Å²) in [7, 11) is 0. The highest BCUT2D eigenvalue weighted by Crippen LogP contribution is 2.44. The highest BCUT2D eigenvalue weighted by Gasteiger charge is 2.39. The van der Waals surface area contributed by atoms with Gasteiger partial charge in [-0.25, -0.2) is 4.79 Å². The van der Waals surface area contributed by atoms with Crippen LogP contribution in [0.4, 0.5) is 10.5 Å². The van der Waals surface area contributed by atoms with Gasteiger partial charge in [0.25, 0.3) is 0 Å². The topological polar surface area (TPSA) is 86.9 Å². The highest BCUT2D eigenvalue weighted by molar-refractivity contribution is 6.00. The molecule has 136 valence electrons. The summed E-state index contributed by atoms with van der Waals surface area (Å²) in [6, 6.07) is 3.52. The van der Waals surface area contributed by atoms with Gasteiger partial charge in [0.15, 0.2) is 0 Å². The molecule has 6 nitrogen and oxygen atoms in total. The SMILES string of the molecule is Cc1cc2c(cc1N1CC[C@H](N)C1=O)CCN(C(=O)O)C2C(C)(C)C. The summed E-state index contributed by atoms with van der Waals surface area (Å²) in [5.41, 5.74) is 9.73. The van der Waals surface area contributed by atoms with Crippen molar-refractivity contribution in [2.75, 3.05) is 18.0 Å². The van der Waals surface area contributed by atoms with Crippen LogP contribution >= 0.6 is 0 Å². The van der Waals surface area contributed by atoms with Crippen molar-refractivity contribution in [1.82, 2.24) is 4.90 Å². The van der Waals surface area contributed by atoms with Crippen molar-refractivity contribution in [3.05, 3.63) is 28.8 Å². The van der Waals surface area contributed by atoms with E-state index in [1.54, 1.807) is 9.80 Å². The predicted octanol–water partition coefficient (Wildman–Crippen LogP) is 2.68. The third kappa shape index (κ3) is 2.99. The Morgan fingerprint density at radius 3 is 2.48 bits per heavy atom. The van der Waals surface area contributed by atoms with Gasteiger partial charge in [-0.3, -0.25) is 4.79 Å². The number of benzene rings is 1. The van der Waals surface area contributed by atoms with Gasteiger partial charge in [-0.2, -0.15) is 0 Å². The molecule has 0 bridgehead atoms. The van der Waals surface area contributed by atoms with E-state index < -0.39 is 12.1 Å². The molecule has 2 aliphatic heterocycles. The minimum Gasteiger partial charge on any atom is -0.465 e. The number of hydrogen-bond donors (Lipinski definition) is 2. The Morgan fingerprint density at radius 2 is 1.96 bits per heavy atom. The summed E-state index contributed by atoms with van der Waals surface area (Å²) >= 11 is 0. The Morgan fingerprint density at radius 1 is 1.28 bits per heavy atom. The Labute approximate surface area is 148 Å². The third-order valence-electron chi connectivity index (χ3n) is 5.29. The third-order valence-corrected chi connectivity index (χ3v) is 5.29. The molecule has 2 atom stereocenters. The fourth-order valence-corrected chi connectivity index (χ4v) is 4.14.